The van der Waals surface area contributed by atoms with Crippen LogP contribution in [0.1, 0.15) is 47.0 Å². The molecule has 8 atom stereocenters. The van der Waals surface area contributed by atoms with E-state index in [9.17, 15) is 9.59 Å². The average molecular weight is 345 g/mol. The molecule has 2 fully saturated rings. The topological polar surface area (TPSA) is 34.1 Å². The van der Waals surface area contributed by atoms with Crippen molar-refractivity contribution >= 4 is 20.3 Å². The molecule has 130 valence electrons. The van der Waals surface area contributed by atoms with Crippen molar-refractivity contribution < 1.29 is 9.59 Å². The number of rotatable bonds is 5. The molecule has 2 bridgehead atoms. The van der Waals surface area contributed by atoms with E-state index in [1.54, 1.807) is 0 Å². The summed E-state index contributed by atoms with van der Waals surface area (Å²) in [6.07, 6.45) is 7.05. The summed E-state index contributed by atoms with van der Waals surface area (Å²) in [5.41, 5.74) is 3.25. The third kappa shape index (κ3) is 2.58. The van der Waals surface area contributed by atoms with Gasteiger partial charge in [-0.15, -0.1) is 0 Å². The van der Waals surface area contributed by atoms with Crippen LogP contribution in [0.15, 0.2) is 12.2 Å². The molecule has 3 rings (SSSR count). The van der Waals surface area contributed by atoms with Gasteiger partial charge in [0.15, 0.2) is 0 Å². The third-order valence-electron chi connectivity index (χ3n) is 7.10. The van der Waals surface area contributed by atoms with E-state index in [1.807, 2.05) is 6.92 Å². The molecule has 0 saturated heterocycles. The van der Waals surface area contributed by atoms with Crippen LogP contribution < -0.4 is 0 Å². The van der Waals surface area contributed by atoms with Gasteiger partial charge in [-0.2, -0.15) is 0 Å². The molecule has 2 saturated carbocycles. The molecular weight excluding hydrogens is 315 g/mol. The number of hydrogen-bond acceptors (Lipinski definition) is 2. The summed E-state index contributed by atoms with van der Waals surface area (Å²) in [4.78, 5) is 26.1. The van der Waals surface area contributed by atoms with Crippen LogP contribution in [0.2, 0.25) is 0 Å². The second kappa shape index (κ2) is 6.89. The van der Waals surface area contributed by atoms with E-state index in [4.69, 9.17) is 0 Å². The van der Waals surface area contributed by atoms with E-state index in [2.05, 4.69) is 47.2 Å². The number of ketones is 2. The van der Waals surface area contributed by atoms with Gasteiger partial charge in [-0.25, -0.2) is 0 Å². The molecular formula is C21H30O2P+. The third-order valence-corrected chi connectivity index (χ3v) is 7.44. The SMILES string of the molecule is CCC(=O)C1C(=O)C2C3C=CC(C3C#[PH+])C2CC1C(CC)C(C)C. The maximum atomic E-state index is 13.4. The van der Waals surface area contributed by atoms with Crippen molar-refractivity contribution in [1.82, 2.24) is 0 Å². The zero-order valence-electron chi connectivity index (χ0n) is 15.3. The Morgan fingerprint density at radius 3 is 2.50 bits per heavy atom. The van der Waals surface area contributed by atoms with Gasteiger partial charge in [0.2, 0.25) is 0 Å². The molecule has 0 spiro atoms. The standard InChI is InChI=1S/C21H29O2P/c1-5-12(11(3)4)15-9-16-13-7-8-14(17(13)10-24)19(16)21(23)20(15)18(22)6-2/h7-8,11-17,19-20H,5-6,9H2,1-4H3/p+1. The van der Waals surface area contributed by atoms with Crippen molar-refractivity contribution in [3.05, 3.63) is 12.2 Å². The number of hydrogen-bond donors (Lipinski definition) is 0. The van der Waals surface area contributed by atoms with Crippen molar-refractivity contribution in [2.75, 3.05) is 0 Å². The van der Waals surface area contributed by atoms with E-state index in [1.165, 1.54) is 0 Å². The van der Waals surface area contributed by atoms with Crippen LogP contribution in [0.3, 0.4) is 0 Å². The quantitative estimate of drug-likeness (QED) is 0.414. The van der Waals surface area contributed by atoms with Gasteiger partial charge in [-0.1, -0.05) is 0 Å². The van der Waals surface area contributed by atoms with Gasteiger partial charge in [0.05, 0.1) is 0 Å². The van der Waals surface area contributed by atoms with E-state index >= 15 is 0 Å². The number of carbonyl (C=O) groups is 2. The van der Waals surface area contributed by atoms with E-state index in [-0.39, 0.29) is 35.2 Å². The fraction of sp³-hybridized carbons (Fsp3) is 0.762. The zero-order valence-corrected chi connectivity index (χ0v) is 16.3. The molecule has 24 heavy (non-hydrogen) atoms. The summed E-state index contributed by atoms with van der Waals surface area (Å²) < 4.78 is 0. The van der Waals surface area contributed by atoms with E-state index in [0.29, 0.717) is 36.0 Å². The molecule has 3 heteroatoms. The molecule has 0 N–H and O–H groups in total. The predicted octanol–water partition coefficient (Wildman–Crippen LogP) is 4.62. The number of allylic oxidation sites excluding steroid dienone is 2. The van der Waals surface area contributed by atoms with Gasteiger partial charge in [0.25, 0.3) is 0 Å². The Bertz CT molecular complexity index is 599. The molecule has 2 nitrogen and oxygen atoms in total. The second-order valence-electron chi connectivity index (χ2n) is 8.31. The number of carbonyl (C=O) groups excluding carboxylic acids is 2. The number of fused-ring (bicyclic) bond motifs is 5. The van der Waals surface area contributed by atoms with E-state index < -0.39 is 0 Å². The Morgan fingerprint density at radius 2 is 1.96 bits per heavy atom. The molecule has 0 aliphatic heterocycles. The first-order valence-electron chi connectivity index (χ1n) is 9.63. The van der Waals surface area contributed by atoms with Crippen LogP contribution in [0.5, 0.6) is 0 Å². The van der Waals surface area contributed by atoms with Crippen LogP contribution in [0.25, 0.3) is 0 Å². The second-order valence-corrected chi connectivity index (χ2v) is 8.60. The molecule has 3 aliphatic carbocycles. The average Bonchev–Trinajstić information content (AvgIpc) is 3.10. The van der Waals surface area contributed by atoms with Crippen LogP contribution in [-0.4, -0.2) is 11.6 Å². The Kier molecular flexibility index (Phi) is 5.19. The Morgan fingerprint density at radius 1 is 1.29 bits per heavy atom. The summed E-state index contributed by atoms with van der Waals surface area (Å²) >= 11 is 0. The van der Waals surface area contributed by atoms with Gasteiger partial charge < -0.3 is 0 Å². The summed E-state index contributed by atoms with van der Waals surface area (Å²) in [5, 5.41) is 0. The van der Waals surface area contributed by atoms with Gasteiger partial charge in [0, 0.05) is 0 Å². The Hall–Kier alpha value is -0.710. The van der Waals surface area contributed by atoms with Crippen molar-refractivity contribution in [1.29, 1.82) is 0 Å². The van der Waals surface area contributed by atoms with Crippen LogP contribution in [-0.2, 0) is 9.59 Å². The maximum absolute atomic E-state index is 13.4. The van der Waals surface area contributed by atoms with Gasteiger partial charge in [0.1, 0.15) is 0 Å². The monoisotopic (exact) mass is 345 g/mol. The van der Waals surface area contributed by atoms with Crippen molar-refractivity contribution in [2.45, 2.75) is 47.0 Å². The van der Waals surface area contributed by atoms with Gasteiger partial charge in [-0.3, -0.25) is 0 Å². The van der Waals surface area contributed by atoms with Gasteiger partial charge in [-0.05, 0) is 0 Å². The zero-order chi connectivity index (χ0) is 17.6. The molecule has 3 aliphatic rings. The first-order valence-corrected chi connectivity index (χ1v) is 10.1. The van der Waals surface area contributed by atoms with Crippen LogP contribution in [0, 0.1) is 58.9 Å². The van der Waals surface area contributed by atoms with Crippen LogP contribution in [0.4, 0.5) is 0 Å². The van der Waals surface area contributed by atoms with Crippen molar-refractivity contribution in [3.8, 4) is 5.63 Å². The fourth-order valence-corrected chi connectivity index (χ4v) is 6.49. The number of Topliss-reactive ketones (excluding diaryl/α,β-unsaturated/α-hetero) is 2. The van der Waals surface area contributed by atoms with Gasteiger partial charge >= 0.3 is 148 Å². The van der Waals surface area contributed by atoms with Crippen molar-refractivity contribution in [2.24, 2.45) is 53.3 Å². The first kappa shape index (κ1) is 18.1. The summed E-state index contributed by atoms with van der Waals surface area (Å²) in [5.74, 6) is 2.63. The molecule has 8 unspecified atom stereocenters. The van der Waals surface area contributed by atoms with E-state index in [0.717, 1.165) is 12.8 Å². The summed E-state index contributed by atoms with van der Waals surface area (Å²) in [7, 11) is 3.47. The minimum atomic E-state index is -0.369. The molecule has 0 radical (unpaired) electrons. The first-order chi connectivity index (χ1) is 11.5. The predicted molar refractivity (Wildman–Crippen MR) is 99.3 cm³/mol. The normalized spacial score (nSPS) is 41.3. The summed E-state index contributed by atoms with van der Waals surface area (Å²) in [6, 6.07) is 0. The van der Waals surface area contributed by atoms with Crippen LogP contribution >= 0.6 is 8.70 Å². The molecule has 0 aromatic rings. The molecule has 0 heterocycles. The molecule has 0 amide bonds. The Balaban J connectivity index is 1.99. The molecule has 0 aromatic carbocycles. The van der Waals surface area contributed by atoms with Crippen molar-refractivity contribution in [3.63, 3.8) is 0 Å². The Labute approximate surface area is 148 Å². The molecule has 0 aromatic heterocycles. The fourth-order valence-electron chi connectivity index (χ4n) is 6.10. The minimum absolute atomic E-state index is 0.0373. The summed E-state index contributed by atoms with van der Waals surface area (Å²) in [6.45, 7) is 8.58.